The molecule has 3 aromatic rings. The fourth-order valence-corrected chi connectivity index (χ4v) is 3.46. The minimum absolute atomic E-state index is 0.112. The zero-order valence-electron chi connectivity index (χ0n) is 21.0. The molecule has 0 saturated carbocycles. The molecule has 1 aromatic heterocycles. The average molecular weight is 507 g/mol. The van der Waals surface area contributed by atoms with E-state index in [-0.39, 0.29) is 13.0 Å². The number of hydrogen-bond acceptors (Lipinski definition) is 8. The van der Waals surface area contributed by atoms with E-state index in [2.05, 4.69) is 20.9 Å². The van der Waals surface area contributed by atoms with Gasteiger partial charge in [0.05, 0.1) is 31.4 Å². The Balaban J connectivity index is 1.54. The maximum Gasteiger partial charge on any atom is 0.407 e. The Bertz CT molecular complexity index is 1220. The van der Waals surface area contributed by atoms with Crippen LogP contribution in [0.4, 0.5) is 21.0 Å². The van der Waals surface area contributed by atoms with E-state index in [1.54, 1.807) is 42.6 Å². The van der Waals surface area contributed by atoms with Crippen LogP contribution in [0.3, 0.4) is 0 Å². The molecule has 2 aromatic carbocycles. The number of ether oxygens (including phenoxy) is 2. The van der Waals surface area contributed by atoms with Gasteiger partial charge in [0.2, 0.25) is 0 Å². The number of anilines is 2. The van der Waals surface area contributed by atoms with Gasteiger partial charge >= 0.3 is 12.1 Å². The maximum absolute atomic E-state index is 12.6. The van der Waals surface area contributed by atoms with E-state index in [9.17, 15) is 9.59 Å². The number of urea groups is 1. The third kappa shape index (κ3) is 8.26. The predicted octanol–water partition coefficient (Wildman–Crippen LogP) is 4.45. The number of rotatable bonds is 11. The highest BCUT2D eigenvalue weighted by Crippen LogP contribution is 2.32. The van der Waals surface area contributed by atoms with Crippen LogP contribution in [0.15, 0.2) is 59.5 Å². The second-order valence-corrected chi connectivity index (χ2v) is 8.16. The van der Waals surface area contributed by atoms with Gasteiger partial charge in [0, 0.05) is 30.5 Å². The van der Waals surface area contributed by atoms with Crippen LogP contribution in [0.1, 0.15) is 18.9 Å². The van der Waals surface area contributed by atoms with Crippen LogP contribution >= 0.6 is 0 Å². The van der Waals surface area contributed by atoms with E-state index in [4.69, 9.17) is 19.2 Å². The maximum atomic E-state index is 12.6. The first-order valence-electron chi connectivity index (χ1n) is 11.7. The van der Waals surface area contributed by atoms with Gasteiger partial charge < -0.3 is 34.7 Å². The number of carbonyl (C=O) groups is 2. The number of methoxy groups -OCH3 is 1. The third-order valence-electron chi connectivity index (χ3n) is 5.43. The van der Waals surface area contributed by atoms with E-state index in [0.29, 0.717) is 35.0 Å². The van der Waals surface area contributed by atoms with Gasteiger partial charge in [0.1, 0.15) is 11.9 Å². The van der Waals surface area contributed by atoms with E-state index in [0.717, 1.165) is 12.1 Å². The van der Waals surface area contributed by atoms with Crippen molar-refractivity contribution in [1.82, 2.24) is 15.2 Å². The normalized spacial score (nSPS) is 11.3. The number of benzene rings is 2. The summed E-state index contributed by atoms with van der Waals surface area (Å²) < 4.78 is 16.1. The van der Waals surface area contributed by atoms with Crippen LogP contribution in [0, 0.1) is 11.3 Å². The number of hydrogen-bond donors (Lipinski definition) is 3. The first kappa shape index (κ1) is 27.0. The Morgan fingerprint density at radius 1 is 1.19 bits per heavy atom. The van der Waals surface area contributed by atoms with Crippen molar-refractivity contribution >= 4 is 23.5 Å². The van der Waals surface area contributed by atoms with Gasteiger partial charge in [-0.1, -0.05) is 19.1 Å². The molecule has 0 fully saturated rings. The second kappa shape index (κ2) is 13.5. The van der Waals surface area contributed by atoms with Crippen LogP contribution < -0.4 is 20.7 Å². The van der Waals surface area contributed by atoms with Crippen molar-refractivity contribution in [2.75, 3.05) is 37.9 Å². The van der Waals surface area contributed by atoms with Gasteiger partial charge in [0.25, 0.3) is 0 Å². The molecule has 11 heteroatoms. The fraction of sp³-hybridized carbons (Fsp3) is 0.308. The van der Waals surface area contributed by atoms with Crippen LogP contribution in [-0.2, 0) is 11.3 Å². The highest BCUT2D eigenvalue weighted by molar-refractivity contribution is 6.00. The molecule has 1 heterocycles. The molecule has 3 rings (SSSR count). The van der Waals surface area contributed by atoms with Crippen LogP contribution in [0.25, 0.3) is 11.3 Å². The molecular formula is C26H30N6O5. The number of aromatic nitrogens is 1. The minimum Gasteiger partial charge on any atom is -0.496 e. The Morgan fingerprint density at radius 3 is 2.65 bits per heavy atom. The summed E-state index contributed by atoms with van der Waals surface area (Å²) in [6, 6.07) is 13.8. The summed E-state index contributed by atoms with van der Waals surface area (Å²) in [4.78, 5) is 30.7. The molecule has 194 valence electrons. The Labute approximate surface area is 215 Å². The van der Waals surface area contributed by atoms with Crippen molar-refractivity contribution in [2.45, 2.75) is 26.0 Å². The highest BCUT2D eigenvalue weighted by Gasteiger charge is 2.16. The smallest absolute Gasteiger partial charge is 0.407 e. The number of nitriles is 1. The number of alkyl carbamates (subject to hydrolysis) is 1. The summed E-state index contributed by atoms with van der Waals surface area (Å²) in [6.07, 6.45) is 1.90. The average Bonchev–Trinajstić information content (AvgIpc) is 3.42. The quantitative estimate of drug-likeness (QED) is 0.346. The van der Waals surface area contributed by atoms with Gasteiger partial charge in [0.15, 0.2) is 12.2 Å². The second-order valence-electron chi connectivity index (χ2n) is 8.16. The minimum atomic E-state index is -0.608. The molecule has 3 N–H and O–H groups in total. The molecule has 0 saturated heterocycles. The van der Waals surface area contributed by atoms with Gasteiger partial charge in [-0.3, -0.25) is 0 Å². The number of amides is 3. The van der Waals surface area contributed by atoms with Crippen LogP contribution in [0.5, 0.6) is 5.75 Å². The zero-order chi connectivity index (χ0) is 26.6. The van der Waals surface area contributed by atoms with Crippen molar-refractivity contribution in [1.29, 1.82) is 5.26 Å². The number of likely N-dealkylation sites (N-methyl/N-ethyl adjacent to an activating group) is 1. The van der Waals surface area contributed by atoms with Gasteiger partial charge in [-0.2, -0.15) is 5.26 Å². The van der Waals surface area contributed by atoms with Crippen molar-refractivity contribution in [3.63, 3.8) is 0 Å². The SMILES string of the molecule is CCN(C)CC(CC#N)OC(=O)NCc1cccc(NC(=O)Nc2ccc(-c3cnco3)c(OC)c2)c1. The molecule has 1 atom stereocenters. The van der Waals surface area contributed by atoms with Crippen LogP contribution in [-0.4, -0.2) is 55.4 Å². The van der Waals surface area contributed by atoms with Crippen molar-refractivity contribution in [2.24, 2.45) is 0 Å². The standard InChI is InChI=1S/C26H30N6O5/c1-4-32(2)16-21(10-11-27)37-26(34)29-14-18-6-5-7-19(12-18)30-25(33)31-20-8-9-22(23(13-20)35-3)24-15-28-17-36-24/h5-9,12-13,15,17,21H,4,10,14,16H2,1-3H3,(H,29,34)(H2,30,31,33). The molecule has 0 aliphatic rings. The Morgan fingerprint density at radius 2 is 1.97 bits per heavy atom. The molecule has 0 aliphatic carbocycles. The fourth-order valence-electron chi connectivity index (χ4n) is 3.46. The lowest BCUT2D eigenvalue weighted by molar-refractivity contribution is 0.0791. The summed E-state index contributed by atoms with van der Waals surface area (Å²) in [6.45, 7) is 3.43. The Hall–Kier alpha value is -4.56. The van der Waals surface area contributed by atoms with E-state index < -0.39 is 18.2 Å². The number of nitrogens with one attached hydrogen (secondary N) is 3. The molecule has 0 radical (unpaired) electrons. The molecular weight excluding hydrogens is 476 g/mol. The Kier molecular flexibility index (Phi) is 9.87. The van der Waals surface area contributed by atoms with Crippen molar-refractivity contribution in [3.05, 3.63) is 60.6 Å². The molecule has 3 amide bonds. The lowest BCUT2D eigenvalue weighted by atomic mass is 10.1. The first-order valence-corrected chi connectivity index (χ1v) is 11.7. The molecule has 0 aliphatic heterocycles. The summed E-state index contributed by atoms with van der Waals surface area (Å²) >= 11 is 0. The van der Waals surface area contributed by atoms with Gasteiger partial charge in [-0.15, -0.1) is 0 Å². The zero-order valence-corrected chi connectivity index (χ0v) is 21.0. The van der Waals surface area contributed by atoms with E-state index in [1.165, 1.54) is 13.5 Å². The van der Waals surface area contributed by atoms with Gasteiger partial charge in [-0.05, 0) is 43.4 Å². The molecule has 11 nitrogen and oxygen atoms in total. The number of carbonyl (C=O) groups excluding carboxylic acids is 2. The summed E-state index contributed by atoms with van der Waals surface area (Å²) in [5.41, 5.74) is 2.54. The summed E-state index contributed by atoms with van der Waals surface area (Å²) in [7, 11) is 3.42. The summed E-state index contributed by atoms with van der Waals surface area (Å²) in [5.74, 6) is 1.07. The van der Waals surface area contributed by atoms with Crippen LogP contribution in [0.2, 0.25) is 0 Å². The van der Waals surface area contributed by atoms with E-state index >= 15 is 0 Å². The first-order chi connectivity index (χ1) is 17.9. The van der Waals surface area contributed by atoms with E-state index in [1.807, 2.05) is 31.0 Å². The molecule has 0 spiro atoms. The number of nitrogens with zero attached hydrogens (tertiary/aromatic N) is 3. The van der Waals surface area contributed by atoms with Crippen molar-refractivity contribution < 1.29 is 23.5 Å². The lowest BCUT2D eigenvalue weighted by Gasteiger charge is -2.21. The van der Waals surface area contributed by atoms with Crippen molar-refractivity contribution in [3.8, 4) is 23.1 Å². The topological polar surface area (TPSA) is 142 Å². The predicted molar refractivity (Wildman–Crippen MR) is 138 cm³/mol. The summed E-state index contributed by atoms with van der Waals surface area (Å²) in [5, 5.41) is 17.2. The molecule has 1 unspecified atom stereocenters. The monoisotopic (exact) mass is 506 g/mol. The molecule has 0 bridgehead atoms. The highest BCUT2D eigenvalue weighted by atomic mass is 16.6. The number of oxazole rings is 1. The largest absolute Gasteiger partial charge is 0.496 e. The third-order valence-corrected chi connectivity index (χ3v) is 5.43. The lowest BCUT2D eigenvalue weighted by Crippen LogP contribution is -2.35. The van der Waals surface area contributed by atoms with Gasteiger partial charge in [-0.25, -0.2) is 14.6 Å². The molecule has 37 heavy (non-hydrogen) atoms.